The first kappa shape index (κ1) is 14.5. The van der Waals surface area contributed by atoms with Gasteiger partial charge in [0, 0.05) is 18.1 Å². The van der Waals surface area contributed by atoms with E-state index in [0.717, 1.165) is 11.5 Å². The Morgan fingerprint density at radius 3 is 2.43 bits per heavy atom. The van der Waals surface area contributed by atoms with Crippen molar-refractivity contribution in [3.05, 3.63) is 72.6 Å². The summed E-state index contributed by atoms with van der Waals surface area (Å²) in [5.41, 5.74) is 6.41. The smallest absolute Gasteiger partial charge is 0.254 e. The van der Waals surface area contributed by atoms with Crippen molar-refractivity contribution < 1.29 is 9.53 Å². The minimum atomic E-state index is -0.582. The maximum atomic E-state index is 11.4. The summed E-state index contributed by atoms with van der Waals surface area (Å²) < 4.78 is 5.62. The van der Waals surface area contributed by atoms with E-state index in [9.17, 15) is 4.79 Å². The van der Waals surface area contributed by atoms with Crippen LogP contribution in [0.3, 0.4) is 0 Å². The number of amides is 1. The topological polar surface area (TPSA) is 90.1 Å². The molecule has 0 radical (unpaired) electrons. The molecule has 0 atom stereocenters. The standard InChI is InChI=1S/C17H14N4O2/c18-16(22)14-4-3-11-20-17(14)23-13-8-6-12(7-9-13)21-15-5-1-2-10-19-15/h1-11H,(H2,18,22)(H,19,21). The number of nitrogens with one attached hydrogen (secondary N) is 1. The second-order valence-electron chi connectivity index (χ2n) is 4.69. The van der Waals surface area contributed by atoms with Gasteiger partial charge in [-0.1, -0.05) is 6.07 Å². The molecule has 2 heterocycles. The van der Waals surface area contributed by atoms with E-state index in [0.29, 0.717) is 5.75 Å². The minimum absolute atomic E-state index is 0.186. The molecule has 114 valence electrons. The lowest BCUT2D eigenvalue weighted by Gasteiger charge is -2.09. The van der Waals surface area contributed by atoms with Crippen LogP contribution in [-0.4, -0.2) is 15.9 Å². The van der Waals surface area contributed by atoms with Crippen LogP contribution in [-0.2, 0) is 0 Å². The molecule has 0 unspecified atom stereocenters. The van der Waals surface area contributed by atoms with E-state index in [2.05, 4.69) is 15.3 Å². The van der Waals surface area contributed by atoms with Gasteiger partial charge in [-0.05, 0) is 48.5 Å². The third kappa shape index (κ3) is 3.62. The van der Waals surface area contributed by atoms with E-state index in [-0.39, 0.29) is 11.4 Å². The fourth-order valence-corrected chi connectivity index (χ4v) is 1.96. The van der Waals surface area contributed by atoms with Gasteiger partial charge in [-0.25, -0.2) is 9.97 Å². The van der Waals surface area contributed by atoms with Gasteiger partial charge < -0.3 is 15.8 Å². The predicted molar refractivity (Wildman–Crippen MR) is 86.8 cm³/mol. The van der Waals surface area contributed by atoms with E-state index < -0.39 is 5.91 Å². The molecule has 0 saturated carbocycles. The number of anilines is 2. The normalized spacial score (nSPS) is 10.1. The van der Waals surface area contributed by atoms with Gasteiger partial charge in [-0.15, -0.1) is 0 Å². The molecule has 2 aromatic heterocycles. The van der Waals surface area contributed by atoms with Crippen LogP contribution >= 0.6 is 0 Å². The highest BCUT2D eigenvalue weighted by Crippen LogP contribution is 2.24. The zero-order valence-corrected chi connectivity index (χ0v) is 12.1. The van der Waals surface area contributed by atoms with Crippen LogP contribution in [0.5, 0.6) is 11.6 Å². The second kappa shape index (κ2) is 6.57. The number of hydrogen-bond acceptors (Lipinski definition) is 5. The number of nitrogens with two attached hydrogens (primary N) is 1. The number of carbonyl (C=O) groups excluding carboxylic acids is 1. The van der Waals surface area contributed by atoms with Gasteiger partial charge in [0.05, 0.1) is 0 Å². The summed E-state index contributed by atoms with van der Waals surface area (Å²) in [6.07, 6.45) is 3.25. The number of carbonyl (C=O) groups is 1. The zero-order chi connectivity index (χ0) is 16.1. The molecular formula is C17H14N4O2. The number of nitrogens with zero attached hydrogens (tertiary/aromatic N) is 2. The monoisotopic (exact) mass is 306 g/mol. The fraction of sp³-hybridized carbons (Fsp3) is 0. The van der Waals surface area contributed by atoms with E-state index in [1.807, 2.05) is 30.3 Å². The largest absolute Gasteiger partial charge is 0.438 e. The molecule has 23 heavy (non-hydrogen) atoms. The third-order valence-electron chi connectivity index (χ3n) is 3.04. The van der Waals surface area contributed by atoms with Gasteiger partial charge in [0.15, 0.2) is 0 Å². The molecule has 6 heteroatoms. The van der Waals surface area contributed by atoms with Gasteiger partial charge >= 0.3 is 0 Å². The molecule has 0 saturated heterocycles. The summed E-state index contributed by atoms with van der Waals surface area (Å²) in [5.74, 6) is 0.909. The van der Waals surface area contributed by atoms with Crippen LogP contribution in [0.4, 0.5) is 11.5 Å². The Hall–Kier alpha value is -3.41. The molecule has 3 rings (SSSR count). The summed E-state index contributed by atoms with van der Waals surface area (Å²) in [7, 11) is 0. The highest BCUT2D eigenvalue weighted by Gasteiger charge is 2.10. The van der Waals surface area contributed by atoms with Crippen molar-refractivity contribution in [2.75, 3.05) is 5.32 Å². The van der Waals surface area contributed by atoms with E-state index in [1.165, 1.54) is 0 Å². The summed E-state index contributed by atoms with van der Waals surface area (Å²) >= 11 is 0. The molecule has 1 aromatic carbocycles. The van der Waals surface area contributed by atoms with Crippen molar-refractivity contribution in [2.24, 2.45) is 5.73 Å². The number of benzene rings is 1. The Labute approximate surface area is 133 Å². The number of primary amides is 1. The van der Waals surface area contributed by atoms with Gasteiger partial charge in [0.2, 0.25) is 5.88 Å². The lowest BCUT2D eigenvalue weighted by molar-refractivity contribution is 0.0997. The zero-order valence-electron chi connectivity index (χ0n) is 12.1. The number of hydrogen-bond donors (Lipinski definition) is 2. The molecule has 0 aliphatic carbocycles. The number of pyridine rings is 2. The van der Waals surface area contributed by atoms with Crippen molar-refractivity contribution in [1.82, 2.24) is 9.97 Å². The maximum Gasteiger partial charge on any atom is 0.254 e. The first-order valence-corrected chi connectivity index (χ1v) is 6.93. The molecule has 3 N–H and O–H groups in total. The Bertz CT molecular complexity index is 804. The van der Waals surface area contributed by atoms with Crippen LogP contribution in [0.1, 0.15) is 10.4 Å². The maximum absolute atomic E-state index is 11.4. The lowest BCUT2D eigenvalue weighted by Crippen LogP contribution is -2.12. The van der Waals surface area contributed by atoms with Gasteiger partial charge in [-0.3, -0.25) is 4.79 Å². The van der Waals surface area contributed by atoms with Crippen molar-refractivity contribution in [3.63, 3.8) is 0 Å². The molecule has 3 aromatic rings. The van der Waals surface area contributed by atoms with Crippen LogP contribution < -0.4 is 15.8 Å². The van der Waals surface area contributed by atoms with Gasteiger partial charge in [-0.2, -0.15) is 0 Å². The van der Waals surface area contributed by atoms with Crippen molar-refractivity contribution in [3.8, 4) is 11.6 Å². The molecule has 0 aliphatic rings. The first-order chi connectivity index (χ1) is 11.2. The summed E-state index contributed by atoms with van der Waals surface area (Å²) in [6, 6.07) is 16.1. The minimum Gasteiger partial charge on any atom is -0.438 e. The van der Waals surface area contributed by atoms with Crippen LogP contribution in [0.25, 0.3) is 0 Å². The molecule has 0 fully saturated rings. The van der Waals surface area contributed by atoms with Gasteiger partial charge in [0.25, 0.3) is 5.91 Å². The quantitative estimate of drug-likeness (QED) is 0.756. The number of ether oxygens (including phenoxy) is 1. The predicted octanol–water partition coefficient (Wildman–Crippen LogP) is 3.11. The van der Waals surface area contributed by atoms with Crippen molar-refractivity contribution in [1.29, 1.82) is 0 Å². The first-order valence-electron chi connectivity index (χ1n) is 6.93. The number of aromatic nitrogens is 2. The number of rotatable bonds is 5. The third-order valence-corrected chi connectivity index (χ3v) is 3.04. The molecule has 0 aliphatic heterocycles. The summed E-state index contributed by atoms with van der Waals surface area (Å²) in [5, 5.41) is 3.17. The van der Waals surface area contributed by atoms with Gasteiger partial charge in [0.1, 0.15) is 17.1 Å². The average molecular weight is 306 g/mol. The Kier molecular flexibility index (Phi) is 4.15. The fourth-order valence-electron chi connectivity index (χ4n) is 1.96. The summed E-state index contributed by atoms with van der Waals surface area (Å²) in [4.78, 5) is 19.6. The van der Waals surface area contributed by atoms with Crippen LogP contribution in [0, 0.1) is 0 Å². The Morgan fingerprint density at radius 1 is 0.957 bits per heavy atom. The second-order valence-corrected chi connectivity index (χ2v) is 4.69. The van der Waals surface area contributed by atoms with Crippen LogP contribution in [0.15, 0.2) is 67.0 Å². The summed E-state index contributed by atoms with van der Waals surface area (Å²) in [6.45, 7) is 0. The van der Waals surface area contributed by atoms with E-state index in [4.69, 9.17) is 10.5 Å². The highest BCUT2D eigenvalue weighted by molar-refractivity contribution is 5.95. The molecular weight excluding hydrogens is 292 g/mol. The SMILES string of the molecule is NC(=O)c1cccnc1Oc1ccc(Nc2ccccn2)cc1. The lowest BCUT2D eigenvalue weighted by atomic mass is 10.2. The molecule has 1 amide bonds. The van der Waals surface area contributed by atoms with Crippen molar-refractivity contribution in [2.45, 2.75) is 0 Å². The van der Waals surface area contributed by atoms with E-state index in [1.54, 1.807) is 36.7 Å². The van der Waals surface area contributed by atoms with Crippen LogP contribution in [0.2, 0.25) is 0 Å². The van der Waals surface area contributed by atoms with E-state index >= 15 is 0 Å². The highest BCUT2D eigenvalue weighted by atomic mass is 16.5. The Balaban J connectivity index is 1.74. The molecule has 0 spiro atoms. The molecule has 6 nitrogen and oxygen atoms in total. The van der Waals surface area contributed by atoms with Crippen molar-refractivity contribution >= 4 is 17.4 Å². The molecule has 0 bridgehead atoms. The Morgan fingerprint density at radius 2 is 1.74 bits per heavy atom. The average Bonchev–Trinajstić information content (AvgIpc) is 2.58.